The second kappa shape index (κ2) is 10.8. The monoisotopic (exact) mass is 254 g/mol. The van der Waals surface area contributed by atoms with Crippen LogP contribution in [0.1, 0.15) is 39.5 Å². The highest BCUT2D eigenvalue weighted by Crippen LogP contribution is 2.12. The third kappa shape index (κ3) is 7.86. The first-order valence-corrected chi connectivity index (χ1v) is 6.35. The number of hydrogen-bond donors (Lipinski definition) is 0. The Bertz CT molecular complexity index is 291. The van der Waals surface area contributed by atoms with Crippen LogP contribution in [0.5, 0.6) is 0 Å². The molecule has 0 saturated carbocycles. The molecule has 0 aromatic heterocycles. The second-order valence-corrected chi connectivity index (χ2v) is 3.96. The molecule has 0 radical (unpaired) electrons. The van der Waals surface area contributed by atoms with Crippen molar-refractivity contribution in [3.05, 3.63) is 0 Å². The van der Waals surface area contributed by atoms with Crippen molar-refractivity contribution in [2.45, 2.75) is 39.5 Å². The van der Waals surface area contributed by atoms with Gasteiger partial charge >= 0.3 is 5.97 Å². The minimum absolute atomic E-state index is 0.00660. The van der Waals surface area contributed by atoms with Crippen molar-refractivity contribution in [3.63, 3.8) is 0 Å². The summed E-state index contributed by atoms with van der Waals surface area (Å²) in [5.74, 6) is 1.62. The first-order chi connectivity index (χ1) is 8.65. The van der Waals surface area contributed by atoms with Gasteiger partial charge in [-0.05, 0) is 6.42 Å². The van der Waals surface area contributed by atoms with Gasteiger partial charge in [-0.1, -0.05) is 13.8 Å². The van der Waals surface area contributed by atoms with Crippen LogP contribution in [0.4, 0.5) is 0 Å². The minimum Gasteiger partial charge on any atom is -0.463 e. The smallest absolute Gasteiger partial charge is 0.306 e. The summed E-state index contributed by atoms with van der Waals surface area (Å²) in [6.45, 7) is 5.04. The highest BCUT2D eigenvalue weighted by atomic mass is 16.6. The molecule has 1 unspecified atom stereocenters. The average Bonchev–Trinajstić information content (AvgIpc) is 2.37. The molecule has 0 rings (SSSR count). The van der Waals surface area contributed by atoms with E-state index >= 15 is 0 Å². The highest BCUT2D eigenvalue weighted by Gasteiger charge is 2.20. The molecule has 0 aromatic carbocycles. The summed E-state index contributed by atoms with van der Waals surface area (Å²) in [6.07, 6.45) is 6.85. The van der Waals surface area contributed by atoms with E-state index in [9.17, 15) is 9.59 Å². The summed E-state index contributed by atoms with van der Waals surface area (Å²) >= 11 is 0. The van der Waals surface area contributed by atoms with Gasteiger partial charge in [0.05, 0.1) is 13.0 Å². The summed E-state index contributed by atoms with van der Waals surface area (Å²) in [5, 5.41) is 0. The molecule has 0 saturated heterocycles. The molecule has 0 N–H and O–H groups in total. The van der Waals surface area contributed by atoms with Crippen LogP contribution < -0.4 is 0 Å². The Hall–Kier alpha value is -1.34. The van der Waals surface area contributed by atoms with Gasteiger partial charge in [0.1, 0.15) is 12.4 Å². The van der Waals surface area contributed by atoms with E-state index in [1.54, 1.807) is 6.92 Å². The van der Waals surface area contributed by atoms with Gasteiger partial charge in [-0.3, -0.25) is 9.59 Å². The summed E-state index contributed by atoms with van der Waals surface area (Å²) < 4.78 is 10.2. The lowest BCUT2D eigenvalue weighted by atomic mass is 9.95. The van der Waals surface area contributed by atoms with Gasteiger partial charge in [0.15, 0.2) is 0 Å². The van der Waals surface area contributed by atoms with Crippen molar-refractivity contribution >= 4 is 11.8 Å². The normalized spacial score (nSPS) is 11.6. The molecule has 0 aromatic rings. The zero-order chi connectivity index (χ0) is 13.8. The summed E-state index contributed by atoms with van der Waals surface area (Å²) in [6, 6.07) is 0. The number of Topliss-reactive ketones (excluding diaryl/α,β-unsaturated/α-hetero) is 1. The van der Waals surface area contributed by atoms with Gasteiger partial charge in [-0.2, -0.15) is 0 Å². The van der Waals surface area contributed by atoms with Gasteiger partial charge in [0.2, 0.25) is 0 Å². The second-order valence-electron chi connectivity index (χ2n) is 3.96. The number of carbonyl (C=O) groups is 2. The molecule has 0 aliphatic carbocycles. The standard InChI is InChI=1S/C14H22O4/c1-4-7-12(13(15)6-3)11-14(16)18-10-9-17-8-5-2/h1,12H,5-11H2,2-3H3. The van der Waals surface area contributed by atoms with Crippen LogP contribution in [0, 0.1) is 18.3 Å². The van der Waals surface area contributed by atoms with E-state index in [0.717, 1.165) is 6.42 Å². The molecular weight excluding hydrogens is 232 g/mol. The third-order valence-electron chi connectivity index (χ3n) is 2.42. The lowest BCUT2D eigenvalue weighted by Crippen LogP contribution is -2.20. The predicted octanol–water partition coefficient (Wildman–Crippen LogP) is 1.96. The maximum Gasteiger partial charge on any atom is 0.306 e. The zero-order valence-electron chi connectivity index (χ0n) is 11.2. The Morgan fingerprint density at radius 2 is 1.94 bits per heavy atom. The van der Waals surface area contributed by atoms with E-state index in [4.69, 9.17) is 15.9 Å². The van der Waals surface area contributed by atoms with Gasteiger partial charge < -0.3 is 9.47 Å². The molecular formula is C14H22O4. The molecule has 4 nitrogen and oxygen atoms in total. The molecule has 0 amide bonds. The molecule has 0 heterocycles. The highest BCUT2D eigenvalue weighted by molar-refractivity contribution is 5.85. The van der Waals surface area contributed by atoms with Crippen molar-refractivity contribution in [2.24, 2.45) is 5.92 Å². The zero-order valence-corrected chi connectivity index (χ0v) is 11.2. The lowest BCUT2D eigenvalue weighted by Gasteiger charge is -2.11. The van der Waals surface area contributed by atoms with Crippen LogP contribution in [-0.4, -0.2) is 31.6 Å². The number of terminal acetylenes is 1. The van der Waals surface area contributed by atoms with Crippen molar-refractivity contribution in [1.82, 2.24) is 0 Å². The first kappa shape index (κ1) is 16.7. The predicted molar refractivity (Wildman–Crippen MR) is 68.9 cm³/mol. The molecule has 0 aliphatic rings. The van der Waals surface area contributed by atoms with Crippen molar-refractivity contribution in [1.29, 1.82) is 0 Å². The number of ketones is 1. The topological polar surface area (TPSA) is 52.6 Å². The fourth-order valence-electron chi connectivity index (χ4n) is 1.45. The molecule has 0 aliphatic heterocycles. The van der Waals surface area contributed by atoms with E-state index in [1.807, 2.05) is 6.92 Å². The first-order valence-electron chi connectivity index (χ1n) is 6.35. The molecule has 18 heavy (non-hydrogen) atoms. The van der Waals surface area contributed by atoms with Crippen LogP contribution in [0.2, 0.25) is 0 Å². The van der Waals surface area contributed by atoms with Crippen LogP contribution in [-0.2, 0) is 19.1 Å². The van der Waals surface area contributed by atoms with E-state index in [0.29, 0.717) is 19.6 Å². The fourth-order valence-corrected chi connectivity index (χ4v) is 1.45. The van der Waals surface area contributed by atoms with Crippen molar-refractivity contribution in [3.8, 4) is 12.3 Å². The Kier molecular flexibility index (Phi) is 9.99. The van der Waals surface area contributed by atoms with Gasteiger partial charge in [0, 0.05) is 25.4 Å². The third-order valence-corrected chi connectivity index (χ3v) is 2.42. The summed E-state index contributed by atoms with van der Waals surface area (Å²) in [5.41, 5.74) is 0. The largest absolute Gasteiger partial charge is 0.463 e. The maximum absolute atomic E-state index is 11.5. The quantitative estimate of drug-likeness (QED) is 0.340. The average molecular weight is 254 g/mol. The molecule has 4 heteroatoms. The molecule has 0 spiro atoms. The minimum atomic E-state index is -0.413. The number of rotatable bonds is 10. The number of ether oxygens (including phenoxy) is 2. The SMILES string of the molecule is C#CCC(CC(=O)OCCOCCC)C(=O)CC. The van der Waals surface area contributed by atoms with Crippen molar-refractivity contribution < 1.29 is 19.1 Å². The lowest BCUT2D eigenvalue weighted by molar-refractivity contribution is -0.148. The molecule has 0 fully saturated rings. The molecule has 1 atom stereocenters. The molecule has 0 bridgehead atoms. The summed E-state index contributed by atoms with van der Waals surface area (Å²) in [4.78, 5) is 23.0. The molecule has 102 valence electrons. The van der Waals surface area contributed by atoms with E-state index in [2.05, 4.69) is 5.92 Å². The fraction of sp³-hybridized carbons (Fsp3) is 0.714. The Morgan fingerprint density at radius 1 is 1.22 bits per heavy atom. The Balaban J connectivity index is 3.89. The van der Waals surface area contributed by atoms with E-state index < -0.39 is 11.9 Å². The van der Waals surface area contributed by atoms with Gasteiger partial charge in [0.25, 0.3) is 0 Å². The number of carbonyl (C=O) groups excluding carboxylic acids is 2. The van der Waals surface area contributed by atoms with Crippen molar-refractivity contribution in [2.75, 3.05) is 19.8 Å². The summed E-state index contributed by atoms with van der Waals surface area (Å²) in [7, 11) is 0. The van der Waals surface area contributed by atoms with E-state index in [1.165, 1.54) is 0 Å². The van der Waals surface area contributed by atoms with Crippen LogP contribution in [0.15, 0.2) is 0 Å². The van der Waals surface area contributed by atoms with Crippen LogP contribution in [0.25, 0.3) is 0 Å². The van der Waals surface area contributed by atoms with Gasteiger partial charge in [-0.25, -0.2) is 0 Å². The van der Waals surface area contributed by atoms with E-state index in [-0.39, 0.29) is 25.2 Å². The maximum atomic E-state index is 11.5. The van der Waals surface area contributed by atoms with Crippen LogP contribution in [0.3, 0.4) is 0 Å². The van der Waals surface area contributed by atoms with Crippen LogP contribution >= 0.6 is 0 Å². The van der Waals surface area contributed by atoms with Gasteiger partial charge in [-0.15, -0.1) is 12.3 Å². The Morgan fingerprint density at radius 3 is 2.50 bits per heavy atom. The number of hydrogen-bond acceptors (Lipinski definition) is 4. The number of esters is 1. The Labute approximate surface area is 109 Å².